The molecular weight excluding hydrogens is 248 g/mol. The minimum atomic E-state index is -0.0604. The smallest absolute Gasteiger partial charge is 0.237 e. The standard InChI is InChI=1S/C17H16N2O/c18-19-17(20)15-9-14-10-5-1-3-7-12(10)16(15)13-8-4-2-6-11(13)14/h1-8,14-16H,9,18H2,(H,19,20)/t14?,15-,16?/m1/s1. The van der Waals surface area contributed by atoms with E-state index in [1.165, 1.54) is 22.3 Å². The molecule has 1 atom stereocenters. The van der Waals surface area contributed by atoms with Gasteiger partial charge in [0.15, 0.2) is 0 Å². The van der Waals surface area contributed by atoms with Crippen molar-refractivity contribution in [3.05, 3.63) is 70.8 Å². The zero-order valence-corrected chi connectivity index (χ0v) is 11.0. The summed E-state index contributed by atoms with van der Waals surface area (Å²) < 4.78 is 0. The Morgan fingerprint density at radius 1 is 0.950 bits per heavy atom. The van der Waals surface area contributed by atoms with E-state index in [0.717, 1.165) is 6.42 Å². The van der Waals surface area contributed by atoms with Gasteiger partial charge in [0, 0.05) is 11.8 Å². The van der Waals surface area contributed by atoms with Crippen LogP contribution in [0.4, 0.5) is 0 Å². The Kier molecular flexibility index (Phi) is 2.44. The van der Waals surface area contributed by atoms with Gasteiger partial charge in [-0.2, -0.15) is 0 Å². The van der Waals surface area contributed by atoms with Gasteiger partial charge in [0.2, 0.25) is 5.91 Å². The second kappa shape index (κ2) is 4.18. The van der Waals surface area contributed by atoms with Gasteiger partial charge in [-0.05, 0) is 28.7 Å². The molecule has 0 saturated heterocycles. The molecule has 0 heterocycles. The van der Waals surface area contributed by atoms with E-state index < -0.39 is 0 Å². The van der Waals surface area contributed by atoms with Gasteiger partial charge in [-0.3, -0.25) is 10.2 Å². The van der Waals surface area contributed by atoms with Crippen LogP contribution in [-0.2, 0) is 4.79 Å². The molecule has 3 heteroatoms. The van der Waals surface area contributed by atoms with Crippen molar-refractivity contribution in [1.82, 2.24) is 5.43 Å². The fourth-order valence-electron chi connectivity index (χ4n) is 4.00. The first-order valence-corrected chi connectivity index (χ1v) is 6.99. The fraction of sp³-hybridized carbons (Fsp3) is 0.235. The fourth-order valence-corrected chi connectivity index (χ4v) is 4.00. The maximum atomic E-state index is 12.1. The molecule has 0 unspecified atom stereocenters. The Bertz CT molecular complexity index is 647. The summed E-state index contributed by atoms with van der Waals surface area (Å²) in [6, 6.07) is 17.0. The Balaban J connectivity index is 1.95. The van der Waals surface area contributed by atoms with Crippen LogP contribution in [0.5, 0.6) is 0 Å². The number of hydrogen-bond donors (Lipinski definition) is 2. The third-order valence-electron chi connectivity index (χ3n) is 4.78. The lowest BCUT2D eigenvalue weighted by molar-refractivity contribution is -0.126. The van der Waals surface area contributed by atoms with Gasteiger partial charge in [-0.25, -0.2) is 5.84 Å². The first-order chi connectivity index (χ1) is 9.81. The minimum Gasteiger partial charge on any atom is -0.294 e. The Hall–Kier alpha value is -2.13. The van der Waals surface area contributed by atoms with Crippen molar-refractivity contribution in [3.8, 4) is 0 Å². The predicted molar refractivity (Wildman–Crippen MR) is 77.0 cm³/mol. The highest BCUT2D eigenvalue weighted by molar-refractivity contribution is 5.82. The molecule has 3 N–H and O–H groups in total. The van der Waals surface area contributed by atoms with Gasteiger partial charge in [0.05, 0.1) is 5.92 Å². The second-order valence-corrected chi connectivity index (χ2v) is 5.64. The maximum absolute atomic E-state index is 12.1. The molecular formula is C17H16N2O. The molecule has 0 aromatic heterocycles. The Morgan fingerprint density at radius 2 is 1.45 bits per heavy atom. The molecule has 2 aromatic rings. The van der Waals surface area contributed by atoms with Crippen LogP contribution in [0, 0.1) is 5.92 Å². The van der Waals surface area contributed by atoms with E-state index in [0.29, 0.717) is 5.92 Å². The lowest BCUT2D eigenvalue weighted by atomic mass is 9.59. The van der Waals surface area contributed by atoms with Crippen LogP contribution >= 0.6 is 0 Å². The van der Waals surface area contributed by atoms with E-state index in [1.54, 1.807) is 0 Å². The largest absolute Gasteiger partial charge is 0.294 e. The topological polar surface area (TPSA) is 55.1 Å². The van der Waals surface area contributed by atoms with E-state index in [9.17, 15) is 4.79 Å². The molecule has 2 bridgehead atoms. The van der Waals surface area contributed by atoms with Crippen LogP contribution in [0.15, 0.2) is 48.5 Å². The third kappa shape index (κ3) is 1.41. The highest BCUT2D eigenvalue weighted by Gasteiger charge is 2.45. The molecule has 1 amide bonds. The maximum Gasteiger partial charge on any atom is 0.237 e. The first-order valence-electron chi connectivity index (χ1n) is 6.99. The van der Waals surface area contributed by atoms with Gasteiger partial charge in [-0.15, -0.1) is 0 Å². The van der Waals surface area contributed by atoms with E-state index in [2.05, 4.69) is 54.0 Å². The number of nitrogens with one attached hydrogen (secondary N) is 1. The summed E-state index contributed by atoms with van der Waals surface area (Å²) in [6.07, 6.45) is 0.849. The summed E-state index contributed by atoms with van der Waals surface area (Å²) in [5.74, 6) is 5.71. The highest BCUT2D eigenvalue weighted by Crippen LogP contribution is 2.55. The zero-order chi connectivity index (χ0) is 13.7. The number of amides is 1. The molecule has 2 aromatic carbocycles. The van der Waals surface area contributed by atoms with Gasteiger partial charge in [-0.1, -0.05) is 48.5 Å². The molecule has 3 aliphatic carbocycles. The molecule has 0 saturated carbocycles. The number of benzene rings is 2. The lowest BCUT2D eigenvalue weighted by Crippen LogP contribution is -2.44. The summed E-state index contributed by atoms with van der Waals surface area (Å²) in [6.45, 7) is 0. The number of hydrazine groups is 1. The summed E-state index contributed by atoms with van der Waals surface area (Å²) in [7, 11) is 0. The Labute approximate surface area is 117 Å². The van der Waals surface area contributed by atoms with Crippen LogP contribution in [0.25, 0.3) is 0 Å². The molecule has 3 aliphatic rings. The van der Waals surface area contributed by atoms with Crippen molar-refractivity contribution in [3.63, 3.8) is 0 Å². The van der Waals surface area contributed by atoms with Crippen LogP contribution in [0.2, 0.25) is 0 Å². The van der Waals surface area contributed by atoms with E-state index >= 15 is 0 Å². The molecule has 3 nitrogen and oxygen atoms in total. The summed E-state index contributed by atoms with van der Waals surface area (Å²) in [5.41, 5.74) is 7.66. The number of carbonyl (C=O) groups is 1. The van der Waals surface area contributed by atoms with Crippen molar-refractivity contribution >= 4 is 5.91 Å². The van der Waals surface area contributed by atoms with E-state index in [4.69, 9.17) is 5.84 Å². The molecule has 5 rings (SSSR count). The first kappa shape index (κ1) is 11.7. The van der Waals surface area contributed by atoms with E-state index in [-0.39, 0.29) is 17.7 Å². The summed E-state index contributed by atoms with van der Waals surface area (Å²) >= 11 is 0. The van der Waals surface area contributed by atoms with Gasteiger partial charge >= 0.3 is 0 Å². The molecule has 0 aliphatic heterocycles. The number of fused-ring (bicyclic) bond motifs is 1. The molecule has 0 radical (unpaired) electrons. The van der Waals surface area contributed by atoms with Gasteiger partial charge in [0.25, 0.3) is 0 Å². The molecule has 20 heavy (non-hydrogen) atoms. The van der Waals surface area contributed by atoms with Crippen molar-refractivity contribution < 1.29 is 4.79 Å². The zero-order valence-electron chi connectivity index (χ0n) is 11.0. The normalized spacial score (nSPS) is 25.8. The van der Waals surface area contributed by atoms with Gasteiger partial charge in [0.1, 0.15) is 0 Å². The van der Waals surface area contributed by atoms with Crippen LogP contribution in [0.1, 0.15) is 40.5 Å². The third-order valence-corrected chi connectivity index (χ3v) is 4.78. The van der Waals surface area contributed by atoms with Crippen molar-refractivity contribution in [1.29, 1.82) is 0 Å². The second-order valence-electron chi connectivity index (χ2n) is 5.64. The predicted octanol–water partition coefficient (Wildman–Crippen LogP) is 2.27. The lowest BCUT2D eigenvalue weighted by Gasteiger charge is -2.44. The van der Waals surface area contributed by atoms with Crippen LogP contribution in [-0.4, -0.2) is 5.91 Å². The Morgan fingerprint density at radius 3 is 1.95 bits per heavy atom. The average molecular weight is 264 g/mol. The number of hydrogen-bond acceptors (Lipinski definition) is 2. The van der Waals surface area contributed by atoms with Crippen molar-refractivity contribution in [2.45, 2.75) is 18.3 Å². The SMILES string of the molecule is NNC(=O)[C@@H]1CC2c3ccccc3C1c1ccccc12. The van der Waals surface area contributed by atoms with Crippen LogP contribution in [0.3, 0.4) is 0 Å². The number of rotatable bonds is 1. The van der Waals surface area contributed by atoms with Crippen molar-refractivity contribution in [2.75, 3.05) is 0 Å². The van der Waals surface area contributed by atoms with Crippen molar-refractivity contribution in [2.24, 2.45) is 11.8 Å². The summed E-state index contributed by atoms with van der Waals surface area (Å²) in [5, 5.41) is 0. The minimum absolute atomic E-state index is 0.0518. The molecule has 0 spiro atoms. The number of carbonyl (C=O) groups excluding carboxylic acids is 1. The number of nitrogens with two attached hydrogens (primary N) is 1. The quantitative estimate of drug-likeness (QED) is 0.471. The van der Waals surface area contributed by atoms with E-state index in [1.807, 2.05) is 0 Å². The van der Waals surface area contributed by atoms with Gasteiger partial charge < -0.3 is 0 Å². The molecule has 100 valence electrons. The van der Waals surface area contributed by atoms with Crippen LogP contribution < -0.4 is 11.3 Å². The highest BCUT2D eigenvalue weighted by atomic mass is 16.2. The average Bonchev–Trinajstić information content (AvgIpc) is 2.54. The monoisotopic (exact) mass is 264 g/mol. The summed E-state index contributed by atoms with van der Waals surface area (Å²) in [4.78, 5) is 12.1. The molecule has 0 fully saturated rings.